The van der Waals surface area contributed by atoms with Crippen molar-refractivity contribution in [2.24, 2.45) is 10.8 Å². The monoisotopic (exact) mass is 508 g/mol. The third-order valence-electron chi connectivity index (χ3n) is 5.36. The molecular formula is C26H28N4O5S. The van der Waals surface area contributed by atoms with Crippen LogP contribution < -0.4 is 20.2 Å². The second kappa shape index (κ2) is 11.5. The van der Waals surface area contributed by atoms with Crippen LogP contribution in [-0.2, 0) is 21.4 Å². The average Bonchev–Trinajstić information content (AvgIpc) is 2.83. The molecule has 0 saturated carbocycles. The number of ether oxygens (including phenoxy) is 1. The van der Waals surface area contributed by atoms with Crippen LogP contribution in [0.15, 0.2) is 71.8 Å². The number of amides is 2. The minimum atomic E-state index is -3.51. The molecule has 2 amide bonds. The third kappa shape index (κ3) is 7.41. The number of sulfonamides is 1. The number of hydrogen-bond donors (Lipinski definition) is 2. The first kappa shape index (κ1) is 26.4. The molecule has 3 rings (SSSR count). The topological polar surface area (TPSA) is 131 Å². The lowest BCUT2D eigenvalue weighted by Crippen LogP contribution is -2.29. The zero-order chi connectivity index (χ0) is 26.3. The Morgan fingerprint density at radius 3 is 2.25 bits per heavy atom. The normalized spacial score (nSPS) is 11.3. The summed E-state index contributed by atoms with van der Waals surface area (Å²) in [5.74, 6) is -0.485. The molecule has 0 aromatic heterocycles. The van der Waals surface area contributed by atoms with Gasteiger partial charge in [0.15, 0.2) is 6.61 Å². The van der Waals surface area contributed by atoms with Gasteiger partial charge in [0.25, 0.3) is 11.8 Å². The van der Waals surface area contributed by atoms with E-state index in [2.05, 4.69) is 10.5 Å². The molecule has 0 spiro atoms. The van der Waals surface area contributed by atoms with Crippen LogP contribution in [0.1, 0.15) is 32.6 Å². The van der Waals surface area contributed by atoms with Crippen LogP contribution >= 0.6 is 0 Å². The van der Waals surface area contributed by atoms with E-state index in [9.17, 15) is 18.0 Å². The standard InChI is InChI=1S/C26H28N4O5S/c1-18-4-11-23(14-19(18)2)30(36(3,33)34)16-21-5-9-22(10-6-21)26(32)29-28-15-20-7-12-24(13-8-20)35-17-25(27)31/h4-15H,16-17H2,1-3H3,(H2,27,31)(H,29,32)/b28-15+. The number of hydrogen-bond acceptors (Lipinski definition) is 6. The quantitative estimate of drug-likeness (QED) is 0.321. The van der Waals surface area contributed by atoms with Gasteiger partial charge in [-0.25, -0.2) is 13.8 Å². The fourth-order valence-corrected chi connectivity index (χ4v) is 4.12. The van der Waals surface area contributed by atoms with Crippen molar-refractivity contribution < 1.29 is 22.7 Å². The molecule has 0 fully saturated rings. The molecule has 0 aliphatic heterocycles. The molecule has 188 valence electrons. The van der Waals surface area contributed by atoms with Crippen molar-refractivity contribution in [1.82, 2.24) is 5.43 Å². The molecule has 0 aliphatic carbocycles. The van der Waals surface area contributed by atoms with E-state index in [0.29, 0.717) is 22.6 Å². The Bertz CT molecular complexity index is 1370. The molecule has 10 heteroatoms. The van der Waals surface area contributed by atoms with Gasteiger partial charge >= 0.3 is 0 Å². The summed E-state index contributed by atoms with van der Waals surface area (Å²) in [6.45, 7) is 3.84. The van der Waals surface area contributed by atoms with Gasteiger partial charge in [-0.15, -0.1) is 0 Å². The maximum absolute atomic E-state index is 12.4. The fraction of sp³-hybridized carbons (Fsp3) is 0.192. The number of anilines is 1. The summed E-state index contributed by atoms with van der Waals surface area (Å²) in [7, 11) is -3.51. The van der Waals surface area contributed by atoms with Gasteiger partial charge in [0, 0.05) is 5.56 Å². The Labute approximate surface area is 210 Å². The Morgan fingerprint density at radius 1 is 1.00 bits per heavy atom. The lowest BCUT2D eigenvalue weighted by molar-refractivity contribution is -0.119. The molecule has 9 nitrogen and oxygen atoms in total. The summed E-state index contributed by atoms with van der Waals surface area (Å²) in [5, 5.41) is 3.95. The van der Waals surface area contributed by atoms with Crippen molar-refractivity contribution in [2.45, 2.75) is 20.4 Å². The summed E-state index contributed by atoms with van der Waals surface area (Å²) < 4.78 is 31.4. The van der Waals surface area contributed by atoms with E-state index in [4.69, 9.17) is 10.5 Å². The van der Waals surface area contributed by atoms with E-state index >= 15 is 0 Å². The molecule has 0 radical (unpaired) electrons. The zero-order valence-electron chi connectivity index (χ0n) is 20.3. The number of nitrogens with zero attached hydrogens (tertiary/aromatic N) is 2. The van der Waals surface area contributed by atoms with E-state index in [1.165, 1.54) is 16.8 Å². The van der Waals surface area contributed by atoms with Gasteiger partial charge in [-0.3, -0.25) is 13.9 Å². The van der Waals surface area contributed by atoms with Gasteiger partial charge in [-0.1, -0.05) is 18.2 Å². The first-order valence-electron chi connectivity index (χ1n) is 11.0. The van der Waals surface area contributed by atoms with Crippen molar-refractivity contribution in [3.05, 3.63) is 94.5 Å². The lowest BCUT2D eigenvalue weighted by Gasteiger charge is -2.23. The smallest absolute Gasteiger partial charge is 0.271 e. The molecule has 0 unspecified atom stereocenters. The average molecular weight is 509 g/mol. The fourth-order valence-electron chi connectivity index (χ4n) is 3.24. The largest absolute Gasteiger partial charge is 0.484 e. The second-order valence-corrected chi connectivity index (χ2v) is 10.2. The van der Waals surface area contributed by atoms with Gasteiger partial charge < -0.3 is 10.5 Å². The molecule has 3 aromatic carbocycles. The van der Waals surface area contributed by atoms with Crippen LogP contribution in [0.3, 0.4) is 0 Å². The Balaban J connectivity index is 1.62. The molecule has 0 bridgehead atoms. The van der Waals surface area contributed by atoms with Crippen LogP contribution in [0.4, 0.5) is 5.69 Å². The number of rotatable bonds is 10. The minimum absolute atomic E-state index is 0.139. The van der Waals surface area contributed by atoms with Gasteiger partial charge in [-0.05, 0) is 84.6 Å². The number of aryl methyl sites for hydroxylation is 2. The molecule has 0 saturated heterocycles. The zero-order valence-corrected chi connectivity index (χ0v) is 21.1. The summed E-state index contributed by atoms with van der Waals surface area (Å²) in [5.41, 5.74) is 12.0. The minimum Gasteiger partial charge on any atom is -0.484 e. The maximum Gasteiger partial charge on any atom is 0.271 e. The van der Waals surface area contributed by atoms with Crippen LogP contribution in [0.2, 0.25) is 0 Å². The highest BCUT2D eigenvalue weighted by atomic mass is 32.2. The third-order valence-corrected chi connectivity index (χ3v) is 6.50. The molecule has 0 atom stereocenters. The predicted molar refractivity (Wildman–Crippen MR) is 140 cm³/mol. The summed E-state index contributed by atoms with van der Waals surface area (Å²) >= 11 is 0. The van der Waals surface area contributed by atoms with Crippen LogP contribution in [0, 0.1) is 13.8 Å². The van der Waals surface area contributed by atoms with Crippen molar-refractivity contribution in [3.63, 3.8) is 0 Å². The van der Waals surface area contributed by atoms with E-state index in [0.717, 1.165) is 16.7 Å². The first-order valence-corrected chi connectivity index (χ1v) is 12.9. The van der Waals surface area contributed by atoms with Gasteiger partial charge in [0.1, 0.15) is 5.75 Å². The number of benzene rings is 3. The van der Waals surface area contributed by atoms with Crippen LogP contribution in [0.25, 0.3) is 0 Å². The van der Waals surface area contributed by atoms with Crippen molar-refractivity contribution in [3.8, 4) is 5.75 Å². The van der Waals surface area contributed by atoms with Crippen molar-refractivity contribution in [1.29, 1.82) is 0 Å². The van der Waals surface area contributed by atoms with Crippen molar-refractivity contribution >= 4 is 33.7 Å². The highest BCUT2D eigenvalue weighted by Crippen LogP contribution is 2.23. The van der Waals surface area contributed by atoms with Gasteiger partial charge in [0.2, 0.25) is 10.0 Å². The maximum atomic E-state index is 12.4. The van der Waals surface area contributed by atoms with E-state index < -0.39 is 21.8 Å². The Morgan fingerprint density at radius 2 is 1.67 bits per heavy atom. The molecule has 36 heavy (non-hydrogen) atoms. The Hall–Kier alpha value is -4.18. The van der Waals surface area contributed by atoms with Gasteiger partial charge in [-0.2, -0.15) is 5.10 Å². The van der Waals surface area contributed by atoms with Gasteiger partial charge in [0.05, 0.1) is 24.7 Å². The molecule has 3 aromatic rings. The molecular weight excluding hydrogens is 480 g/mol. The number of nitrogens with two attached hydrogens (primary N) is 1. The highest BCUT2D eigenvalue weighted by molar-refractivity contribution is 7.92. The summed E-state index contributed by atoms with van der Waals surface area (Å²) in [4.78, 5) is 23.2. The number of nitrogens with one attached hydrogen (secondary N) is 1. The number of carbonyl (C=O) groups is 2. The molecule has 0 aliphatic rings. The van der Waals surface area contributed by atoms with E-state index in [-0.39, 0.29) is 13.2 Å². The van der Waals surface area contributed by atoms with Crippen LogP contribution in [-0.4, -0.2) is 39.3 Å². The number of hydrazone groups is 1. The molecule has 3 N–H and O–H groups in total. The van der Waals surface area contributed by atoms with E-state index in [1.807, 2.05) is 26.0 Å². The first-order chi connectivity index (χ1) is 17.0. The summed E-state index contributed by atoms with van der Waals surface area (Å²) in [6, 6.07) is 18.9. The second-order valence-electron chi connectivity index (χ2n) is 8.26. The molecule has 0 heterocycles. The highest BCUT2D eigenvalue weighted by Gasteiger charge is 2.18. The predicted octanol–water partition coefficient (Wildman–Crippen LogP) is 2.90. The number of carbonyl (C=O) groups excluding carboxylic acids is 2. The van der Waals surface area contributed by atoms with Crippen molar-refractivity contribution in [2.75, 3.05) is 17.2 Å². The van der Waals surface area contributed by atoms with Crippen LogP contribution in [0.5, 0.6) is 5.75 Å². The lowest BCUT2D eigenvalue weighted by atomic mass is 10.1. The summed E-state index contributed by atoms with van der Waals surface area (Å²) in [6.07, 6.45) is 2.64. The number of primary amides is 1. The van der Waals surface area contributed by atoms with E-state index in [1.54, 1.807) is 54.6 Å². The SMILES string of the molecule is Cc1ccc(N(Cc2ccc(C(=O)N/N=C/c3ccc(OCC(N)=O)cc3)cc2)S(C)(=O)=O)cc1C. The Kier molecular flexibility index (Phi) is 8.44.